The van der Waals surface area contributed by atoms with E-state index in [9.17, 15) is 9.90 Å². The lowest BCUT2D eigenvalue weighted by molar-refractivity contribution is -0.127. The van der Waals surface area contributed by atoms with Gasteiger partial charge < -0.3 is 15.2 Å². The lowest BCUT2D eigenvalue weighted by atomic mass is 9.97. The molecule has 2 N–H and O–H groups in total. The van der Waals surface area contributed by atoms with Crippen molar-refractivity contribution in [2.45, 2.75) is 38.3 Å². The molecule has 0 aliphatic carbocycles. The van der Waals surface area contributed by atoms with Gasteiger partial charge in [0.1, 0.15) is 0 Å². The summed E-state index contributed by atoms with van der Waals surface area (Å²) in [5, 5.41) is 12.4. The maximum atomic E-state index is 12.3. The van der Waals surface area contributed by atoms with Crippen molar-refractivity contribution in [1.82, 2.24) is 5.32 Å². The second-order valence-electron chi connectivity index (χ2n) is 5.29. The van der Waals surface area contributed by atoms with Crippen molar-refractivity contribution in [1.29, 1.82) is 0 Å². The van der Waals surface area contributed by atoms with Gasteiger partial charge in [0.25, 0.3) is 0 Å². The molecule has 0 bridgehead atoms. The molecule has 2 unspecified atom stereocenters. The van der Waals surface area contributed by atoms with E-state index in [2.05, 4.69) is 5.32 Å². The van der Waals surface area contributed by atoms with E-state index in [0.29, 0.717) is 13.0 Å². The third-order valence-electron chi connectivity index (χ3n) is 3.84. The number of benzene rings is 1. The van der Waals surface area contributed by atoms with Crippen LogP contribution in [-0.2, 0) is 16.0 Å². The van der Waals surface area contributed by atoms with Gasteiger partial charge in [-0.05, 0) is 24.8 Å². The van der Waals surface area contributed by atoms with Gasteiger partial charge in [0, 0.05) is 6.61 Å². The Labute approximate surface area is 120 Å². The molecular formula is C16H23NO3. The van der Waals surface area contributed by atoms with E-state index in [1.807, 2.05) is 37.3 Å². The molecule has 1 aromatic carbocycles. The van der Waals surface area contributed by atoms with Gasteiger partial charge in [0.2, 0.25) is 5.91 Å². The number of aliphatic hydroxyl groups excluding tert-OH is 1. The van der Waals surface area contributed by atoms with E-state index in [4.69, 9.17) is 4.74 Å². The zero-order valence-corrected chi connectivity index (χ0v) is 11.9. The number of ether oxygens (including phenoxy) is 1. The molecule has 0 spiro atoms. The fourth-order valence-corrected chi connectivity index (χ4v) is 2.72. The first-order valence-corrected chi connectivity index (χ1v) is 7.31. The van der Waals surface area contributed by atoms with Crippen molar-refractivity contribution in [3.8, 4) is 0 Å². The molecule has 1 saturated heterocycles. The van der Waals surface area contributed by atoms with Crippen LogP contribution in [0.2, 0.25) is 0 Å². The highest BCUT2D eigenvalue weighted by atomic mass is 16.5. The predicted molar refractivity (Wildman–Crippen MR) is 77.3 cm³/mol. The first kappa shape index (κ1) is 15.0. The van der Waals surface area contributed by atoms with Crippen molar-refractivity contribution in [3.05, 3.63) is 35.9 Å². The smallest absolute Gasteiger partial charge is 0.226 e. The normalized spacial score (nSPS) is 23.5. The number of carbonyl (C=O) groups is 1. The molecule has 3 atom stereocenters. The van der Waals surface area contributed by atoms with E-state index in [1.165, 1.54) is 0 Å². The quantitative estimate of drug-likeness (QED) is 0.829. The summed E-state index contributed by atoms with van der Waals surface area (Å²) >= 11 is 0. The molecule has 4 nitrogen and oxygen atoms in total. The van der Waals surface area contributed by atoms with Gasteiger partial charge in [-0.2, -0.15) is 0 Å². The van der Waals surface area contributed by atoms with Gasteiger partial charge in [-0.25, -0.2) is 0 Å². The maximum absolute atomic E-state index is 12.3. The Hall–Kier alpha value is -1.39. The molecule has 1 fully saturated rings. The molecule has 0 saturated carbocycles. The Balaban J connectivity index is 1.91. The molecule has 2 rings (SSSR count). The fourth-order valence-electron chi connectivity index (χ4n) is 2.72. The third kappa shape index (κ3) is 3.81. The average molecular weight is 277 g/mol. The Morgan fingerprint density at radius 2 is 2.20 bits per heavy atom. The van der Waals surface area contributed by atoms with Gasteiger partial charge in [-0.15, -0.1) is 0 Å². The van der Waals surface area contributed by atoms with Gasteiger partial charge in [0.05, 0.1) is 24.7 Å². The van der Waals surface area contributed by atoms with E-state index >= 15 is 0 Å². The monoisotopic (exact) mass is 277 g/mol. The lowest BCUT2D eigenvalue weighted by Gasteiger charge is -2.21. The SMILES string of the molecule is CCC1OCCC1C(=O)N[C@H](CO)Cc1ccccc1. The molecule has 4 heteroatoms. The van der Waals surface area contributed by atoms with Crippen molar-refractivity contribution in [2.75, 3.05) is 13.2 Å². The average Bonchev–Trinajstić information content (AvgIpc) is 2.96. The second kappa shape index (κ2) is 7.41. The van der Waals surface area contributed by atoms with Crippen molar-refractivity contribution >= 4 is 5.91 Å². The van der Waals surface area contributed by atoms with Gasteiger partial charge in [0.15, 0.2) is 0 Å². The molecule has 0 aromatic heterocycles. The summed E-state index contributed by atoms with van der Waals surface area (Å²) in [5.41, 5.74) is 1.11. The molecule has 20 heavy (non-hydrogen) atoms. The Kier molecular flexibility index (Phi) is 5.56. The van der Waals surface area contributed by atoms with Crippen molar-refractivity contribution in [3.63, 3.8) is 0 Å². The third-order valence-corrected chi connectivity index (χ3v) is 3.84. The summed E-state index contributed by atoms with van der Waals surface area (Å²) in [6.45, 7) is 2.63. The minimum Gasteiger partial charge on any atom is -0.394 e. The number of amides is 1. The highest BCUT2D eigenvalue weighted by molar-refractivity contribution is 5.79. The Bertz CT molecular complexity index is 421. The number of hydrogen-bond acceptors (Lipinski definition) is 3. The highest BCUT2D eigenvalue weighted by Gasteiger charge is 2.33. The molecule has 1 aliphatic rings. The summed E-state index contributed by atoms with van der Waals surface area (Å²) in [4.78, 5) is 12.3. The van der Waals surface area contributed by atoms with Crippen LogP contribution in [-0.4, -0.2) is 36.4 Å². The second-order valence-corrected chi connectivity index (χ2v) is 5.29. The van der Waals surface area contributed by atoms with Gasteiger partial charge in [-0.1, -0.05) is 37.3 Å². The number of nitrogens with one attached hydrogen (secondary N) is 1. The summed E-state index contributed by atoms with van der Waals surface area (Å²) in [6, 6.07) is 9.65. The van der Waals surface area contributed by atoms with Crippen molar-refractivity contribution < 1.29 is 14.6 Å². The summed E-state index contributed by atoms with van der Waals surface area (Å²) in [6.07, 6.45) is 2.29. The van der Waals surface area contributed by atoms with Crippen LogP contribution in [0, 0.1) is 5.92 Å². The highest BCUT2D eigenvalue weighted by Crippen LogP contribution is 2.23. The zero-order valence-electron chi connectivity index (χ0n) is 11.9. The van der Waals surface area contributed by atoms with E-state index < -0.39 is 0 Å². The van der Waals surface area contributed by atoms with E-state index in [1.54, 1.807) is 0 Å². The zero-order chi connectivity index (χ0) is 14.4. The van der Waals surface area contributed by atoms with E-state index in [0.717, 1.165) is 18.4 Å². The van der Waals surface area contributed by atoms with Crippen LogP contribution in [0.5, 0.6) is 0 Å². The minimum atomic E-state index is -0.233. The number of carbonyl (C=O) groups excluding carboxylic acids is 1. The molecule has 1 aliphatic heterocycles. The molecule has 0 radical (unpaired) electrons. The molecule has 1 aromatic rings. The number of rotatable bonds is 6. The number of hydrogen-bond donors (Lipinski definition) is 2. The number of aliphatic hydroxyl groups is 1. The standard InChI is InChI=1S/C16H23NO3/c1-2-15-14(8-9-20-15)16(19)17-13(11-18)10-12-6-4-3-5-7-12/h3-7,13-15,18H,2,8-11H2,1H3,(H,17,19)/t13-,14?,15?/m0/s1. The maximum Gasteiger partial charge on any atom is 0.226 e. The largest absolute Gasteiger partial charge is 0.394 e. The Morgan fingerprint density at radius 3 is 2.85 bits per heavy atom. The van der Waals surface area contributed by atoms with Crippen molar-refractivity contribution in [2.24, 2.45) is 5.92 Å². The van der Waals surface area contributed by atoms with Crippen LogP contribution in [0.3, 0.4) is 0 Å². The van der Waals surface area contributed by atoms with Crippen LogP contribution in [0.15, 0.2) is 30.3 Å². The van der Waals surface area contributed by atoms with Gasteiger partial charge in [-0.3, -0.25) is 4.79 Å². The molecule has 110 valence electrons. The lowest BCUT2D eigenvalue weighted by Crippen LogP contribution is -2.44. The van der Waals surface area contributed by atoms with Gasteiger partial charge >= 0.3 is 0 Å². The van der Waals surface area contributed by atoms with Crippen LogP contribution in [0.25, 0.3) is 0 Å². The predicted octanol–water partition coefficient (Wildman–Crippen LogP) is 1.52. The fraction of sp³-hybridized carbons (Fsp3) is 0.562. The molecule has 1 heterocycles. The van der Waals surface area contributed by atoms with Crippen LogP contribution < -0.4 is 5.32 Å². The topological polar surface area (TPSA) is 58.6 Å². The van der Waals surface area contributed by atoms with Crippen LogP contribution in [0.4, 0.5) is 0 Å². The summed E-state index contributed by atoms with van der Waals surface area (Å²) in [7, 11) is 0. The van der Waals surface area contributed by atoms with E-state index in [-0.39, 0.29) is 30.6 Å². The Morgan fingerprint density at radius 1 is 1.45 bits per heavy atom. The van der Waals surface area contributed by atoms with Crippen LogP contribution in [0.1, 0.15) is 25.3 Å². The summed E-state index contributed by atoms with van der Waals surface area (Å²) < 4.78 is 5.55. The first-order chi connectivity index (χ1) is 9.74. The summed E-state index contributed by atoms with van der Waals surface area (Å²) in [5.74, 6) is -0.0749. The first-order valence-electron chi connectivity index (χ1n) is 7.31. The van der Waals surface area contributed by atoms with Crippen LogP contribution >= 0.6 is 0 Å². The molecular weight excluding hydrogens is 254 g/mol. The molecule has 1 amide bonds. The minimum absolute atomic E-state index is 0.00401.